The Morgan fingerprint density at radius 2 is 1.88 bits per heavy atom. The van der Waals surface area contributed by atoms with Crippen LogP contribution in [0.2, 0.25) is 0 Å². The van der Waals surface area contributed by atoms with Crippen molar-refractivity contribution in [3.05, 3.63) is 47.0 Å². The van der Waals surface area contributed by atoms with Crippen molar-refractivity contribution in [3.63, 3.8) is 0 Å². The van der Waals surface area contributed by atoms with Crippen LogP contribution in [-0.2, 0) is 0 Å². The molecule has 0 saturated heterocycles. The molecular weight excluding hydrogens is 206 g/mol. The molecule has 6 heteroatoms. The van der Waals surface area contributed by atoms with E-state index < -0.39 is 0 Å². The van der Waals surface area contributed by atoms with E-state index >= 15 is 0 Å². The molecule has 0 unspecified atom stereocenters. The van der Waals surface area contributed by atoms with Crippen LogP contribution in [0.1, 0.15) is 0 Å². The number of aromatic amines is 1. The molecule has 3 rings (SSSR count). The number of nitrogens with one attached hydrogen (secondary N) is 1. The second-order valence-electron chi connectivity index (χ2n) is 3.26. The van der Waals surface area contributed by atoms with E-state index in [0.29, 0.717) is 11.5 Å². The quantitative estimate of drug-likeness (QED) is 0.637. The van der Waals surface area contributed by atoms with Crippen molar-refractivity contribution in [2.75, 3.05) is 0 Å². The fourth-order valence-electron chi connectivity index (χ4n) is 1.50. The summed E-state index contributed by atoms with van der Waals surface area (Å²) < 4.78 is 1.55. The molecule has 78 valence electrons. The Morgan fingerprint density at radius 1 is 1.06 bits per heavy atom. The SMILES string of the molecule is O=c1ccc2nnc(-c3ccncc3)n2[nH]1. The first-order chi connectivity index (χ1) is 7.84. The third-order valence-corrected chi connectivity index (χ3v) is 2.23. The van der Waals surface area contributed by atoms with Gasteiger partial charge in [-0.25, -0.2) is 4.52 Å². The second-order valence-corrected chi connectivity index (χ2v) is 3.26. The number of nitrogens with zero attached hydrogens (tertiary/aromatic N) is 4. The summed E-state index contributed by atoms with van der Waals surface area (Å²) in [5, 5.41) is 10.6. The summed E-state index contributed by atoms with van der Waals surface area (Å²) in [5.41, 5.74) is 1.26. The predicted molar refractivity (Wildman–Crippen MR) is 56.8 cm³/mol. The van der Waals surface area contributed by atoms with Crippen molar-refractivity contribution < 1.29 is 0 Å². The summed E-state index contributed by atoms with van der Waals surface area (Å²) in [6.07, 6.45) is 3.33. The maximum absolute atomic E-state index is 11.2. The molecule has 0 atom stereocenters. The highest BCUT2D eigenvalue weighted by Gasteiger charge is 2.07. The minimum absolute atomic E-state index is 0.192. The summed E-state index contributed by atoms with van der Waals surface area (Å²) in [5.74, 6) is 0.593. The molecule has 0 bridgehead atoms. The zero-order valence-electron chi connectivity index (χ0n) is 8.16. The highest BCUT2D eigenvalue weighted by molar-refractivity contribution is 5.57. The minimum atomic E-state index is -0.192. The van der Waals surface area contributed by atoms with Crippen LogP contribution in [0, 0.1) is 0 Å². The summed E-state index contributed by atoms with van der Waals surface area (Å²) in [7, 11) is 0. The molecule has 0 aliphatic carbocycles. The molecule has 0 aromatic carbocycles. The summed E-state index contributed by atoms with van der Waals surface area (Å²) >= 11 is 0. The molecule has 0 aliphatic rings. The van der Waals surface area contributed by atoms with E-state index in [-0.39, 0.29) is 5.56 Å². The number of hydrogen-bond donors (Lipinski definition) is 1. The standard InChI is InChI=1S/C10H7N5O/c16-9-2-1-8-12-13-10(15(8)14-9)7-3-5-11-6-4-7/h1-6H,(H,14,16). The fraction of sp³-hybridized carbons (Fsp3) is 0. The van der Waals surface area contributed by atoms with Gasteiger partial charge in [-0.3, -0.25) is 14.9 Å². The van der Waals surface area contributed by atoms with Gasteiger partial charge in [0.25, 0.3) is 5.56 Å². The van der Waals surface area contributed by atoms with Gasteiger partial charge >= 0.3 is 0 Å². The molecule has 6 nitrogen and oxygen atoms in total. The predicted octanol–water partition coefficient (Wildman–Crippen LogP) is 0.480. The number of fused-ring (bicyclic) bond motifs is 1. The van der Waals surface area contributed by atoms with Gasteiger partial charge in [-0.05, 0) is 18.2 Å². The Bertz CT molecular complexity index is 685. The number of aromatic nitrogens is 5. The molecule has 0 spiro atoms. The van der Waals surface area contributed by atoms with Crippen LogP contribution >= 0.6 is 0 Å². The van der Waals surface area contributed by atoms with Crippen molar-refractivity contribution in [1.82, 2.24) is 24.8 Å². The summed E-state index contributed by atoms with van der Waals surface area (Å²) in [6, 6.07) is 6.65. The Balaban J connectivity index is 2.33. The van der Waals surface area contributed by atoms with Crippen molar-refractivity contribution in [3.8, 4) is 11.4 Å². The number of pyridine rings is 1. The average Bonchev–Trinajstić information content (AvgIpc) is 2.73. The fourth-order valence-corrected chi connectivity index (χ4v) is 1.50. The molecular formula is C10H7N5O. The smallest absolute Gasteiger partial charge is 0.263 e. The van der Waals surface area contributed by atoms with Crippen LogP contribution in [0.25, 0.3) is 17.0 Å². The summed E-state index contributed by atoms with van der Waals surface area (Å²) in [6.45, 7) is 0. The highest BCUT2D eigenvalue weighted by atomic mass is 16.1. The lowest BCUT2D eigenvalue weighted by atomic mass is 10.2. The molecule has 0 aliphatic heterocycles. The monoisotopic (exact) mass is 213 g/mol. The van der Waals surface area contributed by atoms with Crippen molar-refractivity contribution in [1.29, 1.82) is 0 Å². The largest absolute Gasteiger partial charge is 0.268 e. The van der Waals surface area contributed by atoms with Gasteiger partial charge in [0.1, 0.15) is 0 Å². The Hall–Kier alpha value is -2.50. The van der Waals surface area contributed by atoms with E-state index in [4.69, 9.17) is 0 Å². The first-order valence-corrected chi connectivity index (χ1v) is 4.69. The molecule has 1 N–H and O–H groups in total. The lowest BCUT2D eigenvalue weighted by Crippen LogP contribution is -2.09. The Morgan fingerprint density at radius 3 is 2.69 bits per heavy atom. The zero-order valence-corrected chi connectivity index (χ0v) is 8.16. The number of hydrogen-bond acceptors (Lipinski definition) is 4. The van der Waals surface area contributed by atoms with E-state index in [2.05, 4.69) is 20.3 Å². The average molecular weight is 213 g/mol. The van der Waals surface area contributed by atoms with E-state index in [1.54, 1.807) is 23.0 Å². The van der Waals surface area contributed by atoms with Gasteiger partial charge in [0.15, 0.2) is 11.5 Å². The third-order valence-electron chi connectivity index (χ3n) is 2.23. The van der Waals surface area contributed by atoms with Crippen LogP contribution in [0.15, 0.2) is 41.5 Å². The van der Waals surface area contributed by atoms with Crippen LogP contribution in [0.4, 0.5) is 0 Å². The van der Waals surface area contributed by atoms with Crippen molar-refractivity contribution in [2.24, 2.45) is 0 Å². The molecule has 0 amide bonds. The molecule has 0 radical (unpaired) electrons. The maximum atomic E-state index is 11.2. The first-order valence-electron chi connectivity index (χ1n) is 4.69. The lowest BCUT2D eigenvalue weighted by Gasteiger charge is -1.97. The van der Waals surface area contributed by atoms with Crippen LogP contribution in [-0.4, -0.2) is 24.8 Å². The highest BCUT2D eigenvalue weighted by Crippen LogP contribution is 2.14. The van der Waals surface area contributed by atoms with E-state index in [0.717, 1.165) is 5.56 Å². The topological polar surface area (TPSA) is 75.9 Å². The zero-order chi connectivity index (χ0) is 11.0. The van der Waals surface area contributed by atoms with Gasteiger partial charge in [0.05, 0.1) is 0 Å². The number of H-pyrrole nitrogens is 1. The Kier molecular flexibility index (Phi) is 1.79. The van der Waals surface area contributed by atoms with Crippen LogP contribution in [0.3, 0.4) is 0 Å². The molecule has 3 aromatic rings. The molecule has 0 fully saturated rings. The Labute approximate surface area is 89.6 Å². The maximum Gasteiger partial charge on any atom is 0.263 e. The van der Waals surface area contributed by atoms with Crippen molar-refractivity contribution >= 4 is 5.65 Å². The first kappa shape index (κ1) is 8.78. The van der Waals surface area contributed by atoms with Crippen LogP contribution < -0.4 is 5.56 Å². The van der Waals surface area contributed by atoms with Gasteiger partial charge < -0.3 is 0 Å². The second kappa shape index (κ2) is 3.27. The van der Waals surface area contributed by atoms with Gasteiger partial charge in [0.2, 0.25) is 0 Å². The normalized spacial score (nSPS) is 10.8. The number of rotatable bonds is 1. The van der Waals surface area contributed by atoms with Gasteiger partial charge in [-0.15, -0.1) is 10.2 Å². The van der Waals surface area contributed by atoms with E-state index in [1.807, 2.05) is 12.1 Å². The molecule has 3 aromatic heterocycles. The van der Waals surface area contributed by atoms with Gasteiger partial charge in [-0.2, -0.15) is 0 Å². The molecule has 3 heterocycles. The van der Waals surface area contributed by atoms with E-state index in [1.165, 1.54) is 6.07 Å². The van der Waals surface area contributed by atoms with E-state index in [9.17, 15) is 4.79 Å². The van der Waals surface area contributed by atoms with Crippen LogP contribution in [0.5, 0.6) is 0 Å². The summed E-state index contributed by atoms with van der Waals surface area (Å²) in [4.78, 5) is 15.1. The third kappa shape index (κ3) is 1.28. The molecule has 16 heavy (non-hydrogen) atoms. The lowest BCUT2D eigenvalue weighted by molar-refractivity contribution is 0.905. The van der Waals surface area contributed by atoms with Crippen molar-refractivity contribution in [2.45, 2.75) is 0 Å². The minimum Gasteiger partial charge on any atom is -0.268 e. The van der Waals surface area contributed by atoms with Gasteiger partial charge in [0, 0.05) is 24.0 Å². The van der Waals surface area contributed by atoms with Gasteiger partial charge in [-0.1, -0.05) is 0 Å². The molecule has 0 saturated carbocycles.